The highest BCUT2D eigenvalue weighted by Crippen LogP contribution is 2.30. The van der Waals surface area contributed by atoms with E-state index >= 15 is 0 Å². The number of nitro benzene ring substituents is 1. The molecule has 0 spiro atoms. The molecule has 0 fully saturated rings. The number of halogens is 2. The van der Waals surface area contributed by atoms with Gasteiger partial charge in [-0.05, 0) is 12.1 Å². The highest BCUT2D eigenvalue weighted by Gasteiger charge is 2.20. The normalized spacial score (nSPS) is 10.5. The summed E-state index contributed by atoms with van der Waals surface area (Å²) in [7, 11) is 0. The Kier molecular flexibility index (Phi) is 4.69. The molecule has 9 heteroatoms. The number of nitro groups is 1. The molecule has 0 heterocycles. The number of ether oxygens (including phenoxy) is 1. The molecule has 7 nitrogen and oxygen atoms in total. The quantitative estimate of drug-likeness (QED) is 0.503. The summed E-state index contributed by atoms with van der Waals surface area (Å²) in [5.74, 6) is -1.94. The van der Waals surface area contributed by atoms with Crippen molar-refractivity contribution < 1.29 is 28.3 Å². The predicted molar refractivity (Wildman–Crippen MR) is 61.1 cm³/mol. The average Bonchev–Trinajstić information content (AvgIpc) is 2.34. The Balaban J connectivity index is 3.45. The number of carbonyl (C=O) groups is 1. The van der Waals surface area contributed by atoms with Gasteiger partial charge in [-0.3, -0.25) is 10.1 Å². The summed E-state index contributed by atoms with van der Waals surface area (Å²) in [6.07, 6.45) is 1.43. The maximum absolute atomic E-state index is 12.1. The van der Waals surface area contributed by atoms with Gasteiger partial charge < -0.3 is 9.84 Å². The molecule has 1 aromatic carbocycles. The van der Waals surface area contributed by atoms with E-state index in [-0.39, 0.29) is 11.1 Å². The van der Waals surface area contributed by atoms with Gasteiger partial charge in [-0.25, -0.2) is 4.79 Å². The van der Waals surface area contributed by atoms with E-state index in [0.29, 0.717) is 12.1 Å². The molecule has 1 rings (SSSR count). The zero-order chi connectivity index (χ0) is 15.3. The van der Waals surface area contributed by atoms with Crippen LogP contribution in [-0.2, 0) is 4.79 Å². The number of hydrogen-bond acceptors (Lipinski definition) is 5. The lowest BCUT2D eigenvalue weighted by molar-refractivity contribution is -0.385. The lowest BCUT2D eigenvalue weighted by Gasteiger charge is -2.07. The van der Waals surface area contributed by atoms with Crippen LogP contribution < -0.4 is 4.74 Å². The van der Waals surface area contributed by atoms with Crippen molar-refractivity contribution >= 4 is 17.7 Å². The summed E-state index contributed by atoms with van der Waals surface area (Å²) in [5, 5.41) is 28.2. The number of nitrogens with zero attached hydrogens (tertiary/aromatic N) is 2. The summed E-state index contributed by atoms with van der Waals surface area (Å²) in [6.45, 7) is -3.21. The number of alkyl halides is 2. The SMILES string of the molecule is N#Cc1cc(OC(F)F)cc([N+](=O)[O-])c1/C=C/C(=O)O. The zero-order valence-corrected chi connectivity index (χ0v) is 9.62. The maximum atomic E-state index is 12.1. The van der Waals surface area contributed by atoms with E-state index < -0.39 is 28.9 Å². The third kappa shape index (κ3) is 3.74. The van der Waals surface area contributed by atoms with Gasteiger partial charge in [0, 0.05) is 6.08 Å². The molecule has 1 aromatic rings. The molecule has 0 atom stereocenters. The Morgan fingerprint density at radius 3 is 2.65 bits per heavy atom. The molecule has 1 N–H and O–H groups in total. The third-order valence-electron chi connectivity index (χ3n) is 2.07. The van der Waals surface area contributed by atoms with Crippen molar-refractivity contribution in [2.24, 2.45) is 0 Å². The van der Waals surface area contributed by atoms with Gasteiger partial charge in [-0.15, -0.1) is 0 Å². The van der Waals surface area contributed by atoms with E-state index in [4.69, 9.17) is 10.4 Å². The lowest BCUT2D eigenvalue weighted by Crippen LogP contribution is -2.04. The molecule has 0 saturated heterocycles. The van der Waals surface area contributed by atoms with E-state index in [1.807, 2.05) is 0 Å². The second kappa shape index (κ2) is 6.24. The number of benzene rings is 1. The summed E-state index contributed by atoms with van der Waals surface area (Å²) < 4.78 is 28.2. The minimum Gasteiger partial charge on any atom is -0.478 e. The van der Waals surface area contributed by atoms with Gasteiger partial charge in [0.25, 0.3) is 5.69 Å². The number of rotatable bonds is 5. The number of hydrogen-bond donors (Lipinski definition) is 1. The molecule has 104 valence electrons. The van der Waals surface area contributed by atoms with Crippen LogP contribution in [0.25, 0.3) is 6.08 Å². The van der Waals surface area contributed by atoms with Gasteiger partial charge >= 0.3 is 12.6 Å². The second-order valence-electron chi connectivity index (χ2n) is 3.32. The van der Waals surface area contributed by atoms with Crippen molar-refractivity contribution in [1.82, 2.24) is 0 Å². The van der Waals surface area contributed by atoms with Crippen LogP contribution in [0.2, 0.25) is 0 Å². The minimum atomic E-state index is -3.21. The standard InChI is InChI=1S/C11H6F2N2O5/c12-11(13)20-7-3-6(5-14)8(1-2-10(16)17)9(4-7)15(18)19/h1-4,11H,(H,16,17)/b2-1+. The Morgan fingerprint density at radius 1 is 1.55 bits per heavy atom. The molecule has 20 heavy (non-hydrogen) atoms. The monoisotopic (exact) mass is 284 g/mol. The Labute approximate surface area is 110 Å². The molecule has 0 radical (unpaired) electrons. The highest BCUT2D eigenvalue weighted by atomic mass is 19.3. The Morgan fingerprint density at radius 2 is 2.20 bits per heavy atom. The smallest absolute Gasteiger partial charge is 0.387 e. The fraction of sp³-hybridized carbons (Fsp3) is 0.0909. The van der Waals surface area contributed by atoms with Crippen LogP contribution in [0, 0.1) is 21.4 Å². The lowest BCUT2D eigenvalue weighted by atomic mass is 10.0. The fourth-order valence-corrected chi connectivity index (χ4v) is 1.36. The molecule has 0 bridgehead atoms. The van der Waals surface area contributed by atoms with Crippen molar-refractivity contribution in [3.05, 3.63) is 39.4 Å². The largest absolute Gasteiger partial charge is 0.478 e. The molecular weight excluding hydrogens is 278 g/mol. The highest BCUT2D eigenvalue weighted by molar-refractivity contribution is 5.87. The molecule has 0 amide bonds. The topological polar surface area (TPSA) is 113 Å². The van der Waals surface area contributed by atoms with Crippen LogP contribution in [-0.4, -0.2) is 22.6 Å². The van der Waals surface area contributed by atoms with Gasteiger partial charge in [0.15, 0.2) is 0 Å². The summed E-state index contributed by atoms with van der Waals surface area (Å²) in [4.78, 5) is 20.3. The number of carboxylic acid groups (broad SMARTS) is 1. The van der Waals surface area contributed by atoms with Crippen LogP contribution >= 0.6 is 0 Å². The van der Waals surface area contributed by atoms with E-state index in [9.17, 15) is 23.7 Å². The van der Waals surface area contributed by atoms with Crippen LogP contribution in [0.3, 0.4) is 0 Å². The number of carboxylic acids is 1. The third-order valence-corrected chi connectivity index (χ3v) is 2.07. The van der Waals surface area contributed by atoms with Crippen LogP contribution in [0.4, 0.5) is 14.5 Å². The van der Waals surface area contributed by atoms with E-state index in [2.05, 4.69) is 4.74 Å². The van der Waals surface area contributed by atoms with Crippen LogP contribution in [0.5, 0.6) is 5.75 Å². The van der Waals surface area contributed by atoms with Crippen molar-refractivity contribution in [3.63, 3.8) is 0 Å². The van der Waals surface area contributed by atoms with Crippen molar-refractivity contribution in [2.75, 3.05) is 0 Å². The maximum Gasteiger partial charge on any atom is 0.387 e. The molecule has 0 aromatic heterocycles. The zero-order valence-electron chi connectivity index (χ0n) is 9.62. The first-order valence-corrected chi connectivity index (χ1v) is 4.93. The first kappa shape index (κ1) is 15.0. The summed E-state index contributed by atoms with van der Waals surface area (Å²) in [6, 6.07) is 3.11. The first-order chi connectivity index (χ1) is 9.35. The summed E-state index contributed by atoms with van der Waals surface area (Å²) in [5.41, 5.74) is -1.37. The molecule has 0 aliphatic carbocycles. The number of nitriles is 1. The van der Waals surface area contributed by atoms with E-state index in [1.54, 1.807) is 6.07 Å². The molecule has 0 unspecified atom stereocenters. The molecule has 0 aliphatic heterocycles. The fourth-order valence-electron chi connectivity index (χ4n) is 1.36. The minimum absolute atomic E-state index is 0.304. The average molecular weight is 284 g/mol. The molecule has 0 aliphatic rings. The molecule has 0 saturated carbocycles. The summed E-state index contributed by atoms with van der Waals surface area (Å²) >= 11 is 0. The van der Waals surface area contributed by atoms with Gasteiger partial charge in [0.2, 0.25) is 0 Å². The van der Waals surface area contributed by atoms with Crippen molar-refractivity contribution in [2.45, 2.75) is 6.61 Å². The van der Waals surface area contributed by atoms with E-state index in [0.717, 1.165) is 12.1 Å². The van der Waals surface area contributed by atoms with Crippen molar-refractivity contribution in [3.8, 4) is 11.8 Å². The predicted octanol–water partition coefficient (Wildman–Crippen LogP) is 2.17. The van der Waals surface area contributed by atoms with Crippen LogP contribution in [0.15, 0.2) is 18.2 Å². The van der Waals surface area contributed by atoms with Crippen LogP contribution in [0.1, 0.15) is 11.1 Å². The van der Waals surface area contributed by atoms with Gasteiger partial charge in [-0.1, -0.05) is 0 Å². The second-order valence-corrected chi connectivity index (χ2v) is 3.32. The Bertz CT molecular complexity index is 622. The van der Waals surface area contributed by atoms with Gasteiger partial charge in [-0.2, -0.15) is 14.0 Å². The van der Waals surface area contributed by atoms with Gasteiger partial charge in [0.1, 0.15) is 11.8 Å². The first-order valence-electron chi connectivity index (χ1n) is 4.93. The molecular formula is C11H6F2N2O5. The van der Waals surface area contributed by atoms with Gasteiger partial charge in [0.05, 0.1) is 22.1 Å². The Hall–Kier alpha value is -3.02. The van der Waals surface area contributed by atoms with Crippen molar-refractivity contribution in [1.29, 1.82) is 5.26 Å². The van der Waals surface area contributed by atoms with E-state index in [1.165, 1.54) is 0 Å². The number of aliphatic carboxylic acids is 1.